The van der Waals surface area contributed by atoms with Crippen LogP contribution in [0.2, 0.25) is 0 Å². The molecule has 1 amide bonds. The SMILES string of the molecule is O=C(COC(C(=O)O)C(OCCCCCc1ccc2ccccc2c1)C(=O)NCCCCCc1ccc2ccccc2c1)OCO. The van der Waals surface area contributed by atoms with Crippen molar-refractivity contribution in [2.24, 2.45) is 0 Å². The van der Waals surface area contributed by atoms with Crippen LogP contribution in [0.3, 0.4) is 0 Å². The Morgan fingerprint density at radius 2 is 1.22 bits per heavy atom. The number of carbonyl (C=O) groups excluding carboxylic acids is 2. The molecule has 4 aromatic rings. The molecule has 0 spiro atoms. The third kappa shape index (κ3) is 10.9. The van der Waals surface area contributed by atoms with Gasteiger partial charge < -0.3 is 29.7 Å². The molecule has 4 aromatic carbocycles. The first-order valence-electron chi connectivity index (χ1n) is 15.9. The normalized spacial score (nSPS) is 12.5. The highest BCUT2D eigenvalue weighted by Crippen LogP contribution is 2.19. The number of nitrogens with one attached hydrogen (secondary N) is 1. The van der Waals surface area contributed by atoms with Gasteiger partial charge in [0.15, 0.2) is 19.0 Å². The molecule has 9 heteroatoms. The number of aryl methyl sites for hydroxylation is 2. The second-order valence-corrected chi connectivity index (χ2v) is 11.3. The number of benzene rings is 4. The summed E-state index contributed by atoms with van der Waals surface area (Å²) in [5, 5.41) is 26.2. The van der Waals surface area contributed by atoms with Gasteiger partial charge in [0, 0.05) is 13.2 Å². The van der Waals surface area contributed by atoms with Crippen LogP contribution in [0.25, 0.3) is 21.5 Å². The van der Waals surface area contributed by atoms with Crippen LogP contribution < -0.4 is 5.32 Å². The van der Waals surface area contributed by atoms with Crippen molar-refractivity contribution in [1.29, 1.82) is 0 Å². The highest BCUT2D eigenvalue weighted by Gasteiger charge is 2.36. The zero-order valence-corrected chi connectivity index (χ0v) is 26.1. The van der Waals surface area contributed by atoms with Crippen LogP contribution in [0.4, 0.5) is 0 Å². The number of ether oxygens (including phenoxy) is 3. The number of carboxylic acid groups (broad SMARTS) is 1. The quantitative estimate of drug-likeness (QED) is 0.0656. The molecule has 0 radical (unpaired) electrons. The lowest BCUT2D eigenvalue weighted by Crippen LogP contribution is -2.49. The van der Waals surface area contributed by atoms with Crippen LogP contribution in [-0.4, -0.2) is 66.8 Å². The van der Waals surface area contributed by atoms with E-state index < -0.39 is 43.5 Å². The Hall–Kier alpha value is -4.31. The number of aliphatic carboxylic acids is 1. The fourth-order valence-corrected chi connectivity index (χ4v) is 5.41. The van der Waals surface area contributed by atoms with Crippen molar-refractivity contribution in [2.45, 2.75) is 63.6 Å². The van der Waals surface area contributed by atoms with Crippen LogP contribution in [-0.2, 0) is 41.4 Å². The van der Waals surface area contributed by atoms with Gasteiger partial charge in [-0.15, -0.1) is 0 Å². The van der Waals surface area contributed by atoms with Gasteiger partial charge >= 0.3 is 11.9 Å². The van der Waals surface area contributed by atoms with E-state index in [1.165, 1.54) is 32.7 Å². The molecule has 2 unspecified atom stereocenters. The fraction of sp³-hybridized carbons (Fsp3) is 0.378. The van der Waals surface area contributed by atoms with E-state index in [9.17, 15) is 19.5 Å². The van der Waals surface area contributed by atoms with Crippen molar-refractivity contribution in [1.82, 2.24) is 5.32 Å². The standard InChI is InChI=1S/C37H43NO8/c39-26-46-33(40)25-45-35(37(42)43)34(44-22-10-2-4-12-28-18-20-30-14-6-8-16-32(30)24-28)36(41)38-21-9-1-3-11-27-17-19-29-13-5-7-15-31(29)23-27/h5-8,13-20,23-24,34-35,39H,1-4,9-12,21-22,25-26H2,(H,38,41)(H,42,43). The second kappa shape index (κ2) is 18.6. The maximum atomic E-state index is 13.1. The molecule has 0 saturated heterocycles. The highest BCUT2D eigenvalue weighted by molar-refractivity contribution is 5.88. The van der Waals surface area contributed by atoms with Crippen LogP contribution in [0.15, 0.2) is 84.9 Å². The maximum absolute atomic E-state index is 13.1. The monoisotopic (exact) mass is 629 g/mol. The molecule has 0 aliphatic carbocycles. The fourth-order valence-electron chi connectivity index (χ4n) is 5.41. The minimum absolute atomic E-state index is 0.149. The second-order valence-electron chi connectivity index (χ2n) is 11.3. The molecule has 46 heavy (non-hydrogen) atoms. The van der Waals surface area contributed by atoms with E-state index in [-0.39, 0.29) is 6.61 Å². The van der Waals surface area contributed by atoms with Crippen molar-refractivity contribution in [3.8, 4) is 0 Å². The Morgan fingerprint density at radius 3 is 1.78 bits per heavy atom. The van der Waals surface area contributed by atoms with E-state index in [4.69, 9.17) is 14.6 Å². The average Bonchev–Trinajstić information content (AvgIpc) is 3.06. The Kier molecular flexibility index (Phi) is 14.0. The number of carboxylic acids is 1. The van der Waals surface area contributed by atoms with Crippen LogP contribution in [0, 0.1) is 0 Å². The third-order valence-corrected chi connectivity index (χ3v) is 7.86. The summed E-state index contributed by atoms with van der Waals surface area (Å²) in [5.74, 6) is -3.01. The third-order valence-electron chi connectivity index (χ3n) is 7.86. The van der Waals surface area contributed by atoms with Gasteiger partial charge in [-0.3, -0.25) is 4.79 Å². The first kappa shape index (κ1) is 34.6. The molecule has 0 saturated carbocycles. The topological polar surface area (TPSA) is 131 Å². The van der Waals surface area contributed by atoms with Gasteiger partial charge in [-0.1, -0.05) is 97.8 Å². The Morgan fingerprint density at radius 1 is 0.652 bits per heavy atom. The number of unbranched alkanes of at least 4 members (excludes halogenated alkanes) is 4. The van der Waals surface area contributed by atoms with Gasteiger partial charge in [0.05, 0.1) is 0 Å². The van der Waals surface area contributed by atoms with Crippen molar-refractivity contribution >= 4 is 39.4 Å². The summed E-state index contributed by atoms with van der Waals surface area (Å²) in [6.07, 6.45) is 3.50. The van der Waals surface area contributed by atoms with E-state index in [1.807, 2.05) is 24.3 Å². The van der Waals surface area contributed by atoms with Crippen LogP contribution in [0.1, 0.15) is 49.7 Å². The number of esters is 1. The lowest BCUT2D eigenvalue weighted by molar-refractivity contribution is -0.176. The highest BCUT2D eigenvalue weighted by atomic mass is 16.6. The number of fused-ring (bicyclic) bond motifs is 2. The summed E-state index contributed by atoms with van der Waals surface area (Å²) in [5.41, 5.74) is 2.50. The van der Waals surface area contributed by atoms with Gasteiger partial charge in [-0.2, -0.15) is 0 Å². The number of hydrogen-bond acceptors (Lipinski definition) is 7. The molecule has 3 N–H and O–H groups in total. The molecular formula is C37H43NO8. The van der Waals surface area contributed by atoms with Crippen LogP contribution in [0.5, 0.6) is 0 Å². The van der Waals surface area contributed by atoms with E-state index in [2.05, 4.69) is 70.7 Å². The van der Waals surface area contributed by atoms with E-state index in [0.29, 0.717) is 19.4 Å². The van der Waals surface area contributed by atoms with E-state index in [0.717, 1.165) is 38.5 Å². The summed E-state index contributed by atoms with van der Waals surface area (Å²) in [7, 11) is 0. The Labute approximate surface area is 269 Å². The van der Waals surface area contributed by atoms with E-state index in [1.54, 1.807) is 0 Å². The summed E-state index contributed by atoms with van der Waals surface area (Å²) in [6, 6.07) is 29.3. The molecule has 9 nitrogen and oxygen atoms in total. The summed E-state index contributed by atoms with van der Waals surface area (Å²) >= 11 is 0. The van der Waals surface area contributed by atoms with Gasteiger partial charge in [-0.05, 0) is 71.2 Å². The number of carbonyl (C=O) groups is 3. The predicted molar refractivity (Wildman–Crippen MR) is 176 cm³/mol. The molecule has 0 heterocycles. The molecule has 0 aromatic heterocycles. The van der Waals surface area contributed by atoms with Gasteiger partial charge in [-0.25, -0.2) is 9.59 Å². The van der Waals surface area contributed by atoms with Crippen molar-refractivity contribution in [2.75, 3.05) is 26.6 Å². The molecule has 4 rings (SSSR count). The smallest absolute Gasteiger partial charge is 0.336 e. The molecule has 0 aliphatic rings. The van der Waals surface area contributed by atoms with Gasteiger partial charge in [0.1, 0.15) is 6.61 Å². The van der Waals surface area contributed by atoms with Crippen molar-refractivity contribution in [3.63, 3.8) is 0 Å². The zero-order chi connectivity index (χ0) is 32.6. The van der Waals surface area contributed by atoms with Gasteiger partial charge in [0.25, 0.3) is 5.91 Å². The summed E-state index contributed by atoms with van der Waals surface area (Å²) < 4.78 is 15.4. The lowest BCUT2D eigenvalue weighted by atomic mass is 10.0. The molecular weight excluding hydrogens is 586 g/mol. The maximum Gasteiger partial charge on any atom is 0.336 e. The number of aliphatic hydroxyl groups excluding tert-OH is 1. The Bertz CT molecular complexity index is 1570. The first-order valence-corrected chi connectivity index (χ1v) is 15.9. The van der Waals surface area contributed by atoms with Crippen LogP contribution >= 0.6 is 0 Å². The minimum atomic E-state index is -1.73. The molecule has 2 atom stereocenters. The summed E-state index contributed by atoms with van der Waals surface area (Å²) in [6.45, 7) is -1.11. The average molecular weight is 630 g/mol. The lowest BCUT2D eigenvalue weighted by Gasteiger charge is -2.23. The minimum Gasteiger partial charge on any atom is -0.479 e. The number of hydrogen-bond donors (Lipinski definition) is 3. The summed E-state index contributed by atoms with van der Waals surface area (Å²) in [4.78, 5) is 36.8. The molecule has 0 bridgehead atoms. The molecule has 0 aliphatic heterocycles. The van der Waals surface area contributed by atoms with Crippen molar-refractivity contribution in [3.05, 3.63) is 96.1 Å². The molecule has 244 valence electrons. The first-order chi connectivity index (χ1) is 22.4. The number of amides is 1. The zero-order valence-electron chi connectivity index (χ0n) is 26.1. The largest absolute Gasteiger partial charge is 0.479 e. The number of aliphatic hydroxyl groups is 1. The Balaban J connectivity index is 1.23. The molecule has 0 fully saturated rings. The van der Waals surface area contributed by atoms with Crippen molar-refractivity contribution < 1.29 is 38.8 Å². The van der Waals surface area contributed by atoms with E-state index >= 15 is 0 Å². The number of rotatable bonds is 20. The van der Waals surface area contributed by atoms with Gasteiger partial charge in [0.2, 0.25) is 0 Å². The predicted octanol–water partition coefficient (Wildman–Crippen LogP) is 5.58.